The monoisotopic (exact) mass is 268 g/mol. The summed E-state index contributed by atoms with van der Waals surface area (Å²) in [5.74, 6) is -1.12. The van der Waals surface area contributed by atoms with Crippen molar-refractivity contribution < 1.29 is 19.1 Å². The second-order valence-corrected chi connectivity index (χ2v) is 5.71. The molecule has 0 radical (unpaired) electrons. The van der Waals surface area contributed by atoms with E-state index in [2.05, 4.69) is 15.4 Å². The Labute approximate surface area is 112 Å². The van der Waals surface area contributed by atoms with Crippen LogP contribution in [-0.4, -0.2) is 50.3 Å². The number of rotatable bonds is 0. The number of carbonyl (C=O) groups excluding carboxylic acids is 2. The molecule has 4 aliphatic rings. The molecule has 4 heterocycles. The van der Waals surface area contributed by atoms with Gasteiger partial charge >= 0.3 is 11.9 Å². The molecular weight excluding hydrogens is 248 g/mol. The van der Waals surface area contributed by atoms with Crippen molar-refractivity contribution in [3.05, 3.63) is 0 Å². The Balaban J connectivity index is 0.000000155. The molecule has 4 fully saturated rings. The molecule has 0 aromatic rings. The molecule has 0 amide bonds. The van der Waals surface area contributed by atoms with Gasteiger partial charge in [0.05, 0.1) is 12.2 Å². The molecular formula is C13H20N2O4. The minimum Gasteiger partial charge on any atom is -0.392 e. The summed E-state index contributed by atoms with van der Waals surface area (Å²) in [7, 11) is 0. The van der Waals surface area contributed by atoms with Gasteiger partial charge in [-0.05, 0) is 19.8 Å². The Morgan fingerprint density at radius 1 is 1.11 bits per heavy atom. The van der Waals surface area contributed by atoms with Crippen molar-refractivity contribution in [2.24, 2.45) is 11.3 Å². The fourth-order valence-electron chi connectivity index (χ4n) is 3.46. The van der Waals surface area contributed by atoms with E-state index in [9.17, 15) is 9.59 Å². The van der Waals surface area contributed by atoms with Crippen molar-refractivity contribution in [2.75, 3.05) is 26.2 Å². The van der Waals surface area contributed by atoms with E-state index in [1.807, 2.05) is 0 Å². The first-order valence-electron chi connectivity index (χ1n) is 6.97. The van der Waals surface area contributed by atoms with Gasteiger partial charge in [-0.15, -0.1) is 0 Å². The summed E-state index contributed by atoms with van der Waals surface area (Å²) in [6.45, 7) is 6.34. The van der Waals surface area contributed by atoms with Crippen molar-refractivity contribution in [1.29, 1.82) is 0 Å². The Bertz CT molecular complexity index is 385. The molecule has 106 valence electrons. The highest BCUT2D eigenvalue weighted by Crippen LogP contribution is 2.55. The van der Waals surface area contributed by atoms with Gasteiger partial charge in [0.1, 0.15) is 11.3 Å². The zero-order valence-electron chi connectivity index (χ0n) is 11.1. The van der Waals surface area contributed by atoms with Crippen molar-refractivity contribution >= 4 is 11.9 Å². The first-order valence-corrected chi connectivity index (χ1v) is 6.97. The quantitative estimate of drug-likeness (QED) is 0.453. The van der Waals surface area contributed by atoms with E-state index in [0.29, 0.717) is 0 Å². The molecule has 6 heteroatoms. The van der Waals surface area contributed by atoms with E-state index in [0.717, 1.165) is 39.0 Å². The number of carbonyl (C=O) groups is 2. The van der Waals surface area contributed by atoms with Crippen molar-refractivity contribution in [2.45, 2.75) is 32.0 Å². The van der Waals surface area contributed by atoms with E-state index in [1.165, 1.54) is 0 Å². The van der Waals surface area contributed by atoms with Crippen molar-refractivity contribution in [1.82, 2.24) is 10.6 Å². The normalized spacial score (nSPS) is 43.5. The summed E-state index contributed by atoms with van der Waals surface area (Å²) in [5, 5.41) is 6.44. The number of esters is 2. The van der Waals surface area contributed by atoms with E-state index < -0.39 is 11.4 Å². The van der Waals surface area contributed by atoms with Gasteiger partial charge in [-0.2, -0.15) is 0 Å². The zero-order chi connectivity index (χ0) is 13.5. The molecule has 0 aromatic carbocycles. The Morgan fingerprint density at radius 3 is 2.26 bits per heavy atom. The summed E-state index contributed by atoms with van der Waals surface area (Å²) in [6.07, 6.45) is 1.59. The van der Waals surface area contributed by atoms with E-state index in [-0.39, 0.29) is 24.1 Å². The smallest absolute Gasteiger partial charge is 0.323 e. The van der Waals surface area contributed by atoms with Gasteiger partial charge < -0.3 is 20.1 Å². The molecule has 0 unspecified atom stereocenters. The predicted molar refractivity (Wildman–Crippen MR) is 66.3 cm³/mol. The van der Waals surface area contributed by atoms with Crippen LogP contribution >= 0.6 is 0 Å². The van der Waals surface area contributed by atoms with Gasteiger partial charge in [-0.25, -0.2) is 0 Å². The fourth-order valence-corrected chi connectivity index (χ4v) is 3.46. The lowest BCUT2D eigenvalue weighted by Crippen LogP contribution is -2.40. The number of hydrogen-bond donors (Lipinski definition) is 2. The number of hydrogen-bond acceptors (Lipinski definition) is 6. The number of ether oxygens (including phenoxy) is 2. The Hall–Kier alpha value is -0.980. The molecule has 4 aliphatic heterocycles. The minimum absolute atomic E-state index is 0.0750. The lowest BCUT2D eigenvalue weighted by molar-refractivity contribution is -0.158. The lowest BCUT2D eigenvalue weighted by atomic mass is 9.69. The highest BCUT2D eigenvalue weighted by Gasteiger charge is 2.69. The van der Waals surface area contributed by atoms with Crippen LogP contribution in [0.1, 0.15) is 19.8 Å². The van der Waals surface area contributed by atoms with Crippen LogP contribution in [0.4, 0.5) is 0 Å². The third-order valence-electron chi connectivity index (χ3n) is 4.58. The first-order chi connectivity index (χ1) is 9.14. The average molecular weight is 268 g/mol. The van der Waals surface area contributed by atoms with Crippen LogP contribution in [0.25, 0.3) is 0 Å². The van der Waals surface area contributed by atoms with Crippen LogP contribution < -0.4 is 10.6 Å². The van der Waals surface area contributed by atoms with Crippen LogP contribution in [0.3, 0.4) is 0 Å². The maximum atomic E-state index is 11.5. The third-order valence-corrected chi connectivity index (χ3v) is 4.58. The standard InChI is InChI=1S/C9H10O4.C4H10N2/c1-9-5-3-2-4(12-5)6(9)7(10)13-8(9)11;1-2-6-4-3-5-1/h4-6H,2-3H2,1H3;5-6H,1-4H2/t4-,5+,6-,9-;/m0./s1. The summed E-state index contributed by atoms with van der Waals surface area (Å²) < 4.78 is 10.2. The maximum Gasteiger partial charge on any atom is 0.323 e. The highest BCUT2D eigenvalue weighted by atomic mass is 16.6. The van der Waals surface area contributed by atoms with Gasteiger partial charge in [-0.3, -0.25) is 9.59 Å². The van der Waals surface area contributed by atoms with E-state index in [1.54, 1.807) is 6.92 Å². The van der Waals surface area contributed by atoms with Crippen molar-refractivity contribution in [3.63, 3.8) is 0 Å². The number of nitrogens with one attached hydrogen (secondary N) is 2. The van der Waals surface area contributed by atoms with Gasteiger partial charge in [0, 0.05) is 26.2 Å². The second-order valence-electron chi connectivity index (χ2n) is 5.71. The molecule has 0 saturated carbocycles. The van der Waals surface area contributed by atoms with E-state index >= 15 is 0 Å². The fraction of sp³-hybridized carbons (Fsp3) is 0.846. The molecule has 0 aromatic heterocycles. The molecule has 4 atom stereocenters. The highest BCUT2D eigenvalue weighted by molar-refractivity contribution is 6.00. The topological polar surface area (TPSA) is 76.7 Å². The Morgan fingerprint density at radius 2 is 1.74 bits per heavy atom. The van der Waals surface area contributed by atoms with Gasteiger partial charge in [0.15, 0.2) is 0 Å². The molecule has 0 aliphatic carbocycles. The Kier molecular flexibility index (Phi) is 3.32. The summed E-state index contributed by atoms with van der Waals surface area (Å²) in [6, 6.07) is 0. The summed E-state index contributed by atoms with van der Waals surface area (Å²) in [5.41, 5.74) is -0.681. The van der Waals surface area contributed by atoms with Crippen LogP contribution in [-0.2, 0) is 19.1 Å². The van der Waals surface area contributed by atoms with E-state index in [4.69, 9.17) is 4.74 Å². The largest absolute Gasteiger partial charge is 0.392 e. The predicted octanol–water partition coefficient (Wildman–Crippen LogP) is -0.567. The molecule has 2 N–H and O–H groups in total. The second kappa shape index (κ2) is 4.85. The number of piperazine rings is 1. The molecule has 0 spiro atoms. The minimum atomic E-state index is -0.681. The zero-order valence-corrected chi connectivity index (χ0v) is 11.1. The third kappa shape index (κ3) is 1.98. The lowest BCUT2D eigenvalue weighted by Gasteiger charge is -2.25. The van der Waals surface area contributed by atoms with Crippen molar-refractivity contribution in [3.8, 4) is 0 Å². The van der Waals surface area contributed by atoms with Crippen LogP contribution in [0.5, 0.6) is 0 Å². The molecule has 19 heavy (non-hydrogen) atoms. The summed E-state index contributed by atoms with van der Waals surface area (Å²) in [4.78, 5) is 22.8. The average Bonchev–Trinajstić information content (AvgIpc) is 3.06. The number of fused-ring (bicyclic) bond motifs is 5. The SMILES string of the molecule is C1CNCCN1.C[C@@]12C(=O)OC(=O)[C@@H]1[C@@H]1CC[C@H]2O1. The number of cyclic esters (lactones) is 2. The molecule has 4 rings (SSSR count). The summed E-state index contributed by atoms with van der Waals surface area (Å²) >= 11 is 0. The van der Waals surface area contributed by atoms with Gasteiger partial charge in [-0.1, -0.05) is 0 Å². The van der Waals surface area contributed by atoms with Gasteiger partial charge in [0.25, 0.3) is 0 Å². The van der Waals surface area contributed by atoms with Crippen LogP contribution in [0.2, 0.25) is 0 Å². The molecule has 4 saturated heterocycles. The first kappa shape index (κ1) is 13.0. The van der Waals surface area contributed by atoms with Crippen LogP contribution in [0.15, 0.2) is 0 Å². The van der Waals surface area contributed by atoms with Gasteiger partial charge in [0.2, 0.25) is 0 Å². The molecule has 6 nitrogen and oxygen atoms in total. The van der Waals surface area contributed by atoms with Crippen LogP contribution in [0, 0.1) is 11.3 Å². The maximum absolute atomic E-state index is 11.5. The molecule has 2 bridgehead atoms.